The molecule has 0 radical (unpaired) electrons. The van der Waals surface area contributed by atoms with E-state index < -0.39 is 0 Å². The van der Waals surface area contributed by atoms with Crippen LogP contribution in [0.1, 0.15) is 24.3 Å². The van der Waals surface area contributed by atoms with Gasteiger partial charge in [0, 0.05) is 0 Å². The average Bonchev–Trinajstić information content (AvgIpc) is 2.46. The van der Waals surface area contributed by atoms with Crippen LogP contribution in [-0.2, 0) is 9.53 Å². The van der Waals surface area contributed by atoms with Crippen LogP contribution in [0.3, 0.4) is 0 Å². The summed E-state index contributed by atoms with van der Waals surface area (Å²) in [6, 6.07) is 7.86. The Morgan fingerprint density at radius 3 is 2.94 bits per heavy atom. The van der Waals surface area contributed by atoms with Gasteiger partial charge in [-0.3, -0.25) is 4.79 Å². The molecule has 1 fully saturated rings. The van der Waals surface area contributed by atoms with Gasteiger partial charge in [-0.05, 0) is 43.0 Å². The molecule has 2 rings (SSSR count). The fraction of sp³-hybridized carbons (Fsp3) is 0.500. The second-order valence-corrected chi connectivity index (χ2v) is 4.53. The van der Waals surface area contributed by atoms with Crippen LogP contribution in [0.5, 0.6) is 5.75 Å². The van der Waals surface area contributed by atoms with E-state index in [9.17, 15) is 4.79 Å². The van der Waals surface area contributed by atoms with Crippen molar-refractivity contribution in [3.05, 3.63) is 29.8 Å². The lowest BCUT2D eigenvalue weighted by Gasteiger charge is -2.29. The molecule has 18 heavy (non-hydrogen) atoms. The normalized spacial score (nSPS) is 23.4. The van der Waals surface area contributed by atoms with Gasteiger partial charge in [0.05, 0.1) is 14.2 Å². The van der Waals surface area contributed by atoms with Crippen LogP contribution in [0.25, 0.3) is 0 Å². The Bertz CT molecular complexity index is 419. The topological polar surface area (TPSA) is 47.6 Å². The Hall–Kier alpha value is -1.55. The molecule has 0 aliphatic carbocycles. The minimum atomic E-state index is -0.194. The van der Waals surface area contributed by atoms with Crippen LogP contribution < -0.4 is 10.1 Å². The standard InChI is InChI=1S/C14H19NO3/c1-17-12-5-3-4-10(8-12)11-6-7-15-13(9-11)14(16)18-2/h3-5,8,11,13,15H,6-7,9H2,1-2H3/t11-,13+/m1/s1. The van der Waals surface area contributed by atoms with Crippen molar-refractivity contribution in [2.45, 2.75) is 24.8 Å². The Labute approximate surface area is 107 Å². The van der Waals surface area contributed by atoms with Gasteiger partial charge < -0.3 is 14.8 Å². The van der Waals surface area contributed by atoms with Gasteiger partial charge in [-0.2, -0.15) is 0 Å². The number of carbonyl (C=O) groups is 1. The molecule has 1 aromatic carbocycles. The summed E-state index contributed by atoms with van der Waals surface area (Å²) in [5.74, 6) is 1.06. The van der Waals surface area contributed by atoms with Crippen molar-refractivity contribution in [3.63, 3.8) is 0 Å². The molecule has 98 valence electrons. The quantitative estimate of drug-likeness (QED) is 0.828. The molecule has 4 nitrogen and oxygen atoms in total. The number of ether oxygens (including phenoxy) is 2. The third-order valence-corrected chi connectivity index (χ3v) is 3.45. The third-order valence-electron chi connectivity index (χ3n) is 3.45. The maximum atomic E-state index is 11.6. The van der Waals surface area contributed by atoms with E-state index in [0.717, 1.165) is 25.1 Å². The van der Waals surface area contributed by atoms with Crippen molar-refractivity contribution in [2.24, 2.45) is 0 Å². The molecule has 0 aromatic heterocycles. The third kappa shape index (κ3) is 2.82. The number of hydrogen-bond acceptors (Lipinski definition) is 4. The zero-order chi connectivity index (χ0) is 13.0. The van der Waals surface area contributed by atoms with E-state index >= 15 is 0 Å². The lowest BCUT2D eigenvalue weighted by molar-refractivity contribution is -0.143. The number of nitrogens with one attached hydrogen (secondary N) is 1. The zero-order valence-corrected chi connectivity index (χ0v) is 10.8. The highest BCUT2D eigenvalue weighted by Crippen LogP contribution is 2.30. The summed E-state index contributed by atoms with van der Waals surface area (Å²) in [4.78, 5) is 11.6. The van der Waals surface area contributed by atoms with E-state index in [1.807, 2.05) is 18.2 Å². The summed E-state index contributed by atoms with van der Waals surface area (Å²) in [5, 5.41) is 3.19. The van der Waals surface area contributed by atoms with E-state index in [0.29, 0.717) is 5.92 Å². The molecular weight excluding hydrogens is 230 g/mol. The molecule has 0 amide bonds. The van der Waals surface area contributed by atoms with Crippen molar-refractivity contribution in [2.75, 3.05) is 20.8 Å². The van der Waals surface area contributed by atoms with E-state index in [-0.39, 0.29) is 12.0 Å². The molecule has 1 aliphatic heterocycles. The smallest absolute Gasteiger partial charge is 0.322 e. The van der Waals surface area contributed by atoms with Gasteiger partial charge >= 0.3 is 5.97 Å². The molecule has 2 atom stereocenters. The molecule has 1 aliphatic rings. The molecule has 1 aromatic rings. The summed E-state index contributed by atoms with van der Waals surface area (Å²) in [6.45, 7) is 0.835. The number of esters is 1. The molecule has 1 heterocycles. The zero-order valence-electron chi connectivity index (χ0n) is 10.8. The number of piperidine rings is 1. The summed E-state index contributed by atoms with van der Waals surface area (Å²) in [6.07, 6.45) is 1.81. The Morgan fingerprint density at radius 2 is 2.22 bits per heavy atom. The van der Waals surface area contributed by atoms with Crippen LogP contribution in [0.4, 0.5) is 0 Å². The second kappa shape index (κ2) is 5.87. The Kier molecular flexibility index (Phi) is 4.20. The highest BCUT2D eigenvalue weighted by Gasteiger charge is 2.28. The number of methoxy groups -OCH3 is 2. The van der Waals surface area contributed by atoms with Crippen LogP contribution in [0.2, 0.25) is 0 Å². The average molecular weight is 249 g/mol. The maximum absolute atomic E-state index is 11.6. The van der Waals surface area contributed by atoms with Crippen LogP contribution >= 0.6 is 0 Å². The minimum Gasteiger partial charge on any atom is -0.497 e. The van der Waals surface area contributed by atoms with Crippen molar-refractivity contribution in [3.8, 4) is 5.75 Å². The van der Waals surface area contributed by atoms with Gasteiger partial charge in [0.25, 0.3) is 0 Å². The highest BCUT2D eigenvalue weighted by atomic mass is 16.5. The van der Waals surface area contributed by atoms with Crippen molar-refractivity contribution in [1.82, 2.24) is 5.32 Å². The van der Waals surface area contributed by atoms with Crippen molar-refractivity contribution < 1.29 is 14.3 Å². The first-order valence-corrected chi connectivity index (χ1v) is 6.19. The molecule has 0 spiro atoms. The van der Waals surface area contributed by atoms with Gasteiger partial charge in [-0.1, -0.05) is 12.1 Å². The van der Waals surface area contributed by atoms with Crippen LogP contribution in [-0.4, -0.2) is 32.8 Å². The Morgan fingerprint density at radius 1 is 1.39 bits per heavy atom. The lowest BCUT2D eigenvalue weighted by atomic mass is 9.86. The number of carbonyl (C=O) groups excluding carboxylic acids is 1. The summed E-state index contributed by atoms with van der Waals surface area (Å²) in [7, 11) is 3.10. The van der Waals surface area contributed by atoms with E-state index in [4.69, 9.17) is 9.47 Å². The fourth-order valence-corrected chi connectivity index (χ4v) is 2.44. The lowest BCUT2D eigenvalue weighted by Crippen LogP contribution is -2.43. The van der Waals surface area contributed by atoms with Crippen molar-refractivity contribution >= 4 is 5.97 Å². The molecule has 0 unspecified atom stereocenters. The SMILES string of the molecule is COC(=O)[C@@H]1C[C@H](c2cccc(OC)c2)CCN1. The molecular formula is C14H19NO3. The number of hydrogen-bond donors (Lipinski definition) is 1. The number of rotatable bonds is 3. The van der Waals surface area contributed by atoms with Crippen LogP contribution in [0, 0.1) is 0 Å². The van der Waals surface area contributed by atoms with Gasteiger partial charge in [0.15, 0.2) is 0 Å². The second-order valence-electron chi connectivity index (χ2n) is 4.53. The van der Waals surface area contributed by atoms with Crippen molar-refractivity contribution in [1.29, 1.82) is 0 Å². The van der Waals surface area contributed by atoms with E-state index in [2.05, 4.69) is 11.4 Å². The monoisotopic (exact) mass is 249 g/mol. The molecule has 4 heteroatoms. The van der Waals surface area contributed by atoms with Gasteiger partial charge in [-0.15, -0.1) is 0 Å². The molecule has 0 saturated carbocycles. The van der Waals surface area contributed by atoms with E-state index in [1.54, 1.807) is 7.11 Å². The molecule has 1 N–H and O–H groups in total. The first kappa shape index (κ1) is 12.9. The largest absolute Gasteiger partial charge is 0.497 e. The predicted molar refractivity (Wildman–Crippen MR) is 68.8 cm³/mol. The minimum absolute atomic E-state index is 0.178. The Balaban J connectivity index is 2.10. The number of benzene rings is 1. The van der Waals surface area contributed by atoms with Gasteiger partial charge in [0.2, 0.25) is 0 Å². The highest BCUT2D eigenvalue weighted by molar-refractivity contribution is 5.75. The summed E-state index contributed by atoms with van der Waals surface area (Å²) >= 11 is 0. The van der Waals surface area contributed by atoms with Crippen LogP contribution in [0.15, 0.2) is 24.3 Å². The fourth-order valence-electron chi connectivity index (χ4n) is 2.44. The first-order valence-electron chi connectivity index (χ1n) is 6.19. The summed E-state index contributed by atoms with van der Waals surface area (Å²) < 4.78 is 10.0. The predicted octanol–water partition coefficient (Wildman–Crippen LogP) is 1.70. The maximum Gasteiger partial charge on any atom is 0.322 e. The van der Waals surface area contributed by atoms with Gasteiger partial charge in [-0.25, -0.2) is 0 Å². The first-order chi connectivity index (χ1) is 8.74. The molecule has 1 saturated heterocycles. The van der Waals surface area contributed by atoms with E-state index in [1.165, 1.54) is 12.7 Å². The molecule has 0 bridgehead atoms. The summed E-state index contributed by atoms with van der Waals surface area (Å²) in [5.41, 5.74) is 1.23. The van der Waals surface area contributed by atoms with Gasteiger partial charge in [0.1, 0.15) is 11.8 Å².